The van der Waals surface area contributed by atoms with E-state index < -0.39 is 15.9 Å². The summed E-state index contributed by atoms with van der Waals surface area (Å²) in [7, 11) is -7.81. The Labute approximate surface area is 339 Å². The van der Waals surface area contributed by atoms with Crippen molar-refractivity contribution < 1.29 is 38.8 Å². The first-order valence-electron chi connectivity index (χ1n) is 15.2. The van der Waals surface area contributed by atoms with Gasteiger partial charge in [0.25, 0.3) is 0 Å². The molecule has 252 valence electrons. The van der Waals surface area contributed by atoms with Crippen LogP contribution in [0.25, 0.3) is 0 Å². The molecule has 0 aliphatic rings. The maximum Gasteiger partial charge on any atom is 2.00 e. The molecule has 0 radical (unpaired) electrons. The molecule has 0 saturated carbocycles. The normalized spacial score (nSPS) is 12.9. The second-order valence-electron chi connectivity index (χ2n) is 15.5. The van der Waals surface area contributed by atoms with Gasteiger partial charge >= 0.3 is 75.5 Å². The predicted octanol–water partition coefficient (Wildman–Crippen LogP) is 5.25. The van der Waals surface area contributed by atoms with Crippen LogP contribution in [0.4, 0.5) is 0 Å². The van der Waals surface area contributed by atoms with Crippen LogP contribution in [-0.4, -0.2) is 98.9 Å². The van der Waals surface area contributed by atoms with Gasteiger partial charge in [0, 0.05) is 0 Å². The molecule has 46 heavy (non-hydrogen) atoms. The smallest absolute Gasteiger partial charge is 0.659 e. The standard InChI is InChI=1S/2C17H29O4P.2Ca/c2*1-8-21-22(19,20)11-12-9-13(16(2,3)4)15(18)14(10-12)17(5,6)7;;/h2*9-10,18H,8,11H2,1-7H3,(H,19,20);;/q;;2*+2/p-2. The first kappa shape index (κ1) is 49.3. The molecule has 0 aliphatic heterocycles. The second kappa shape index (κ2) is 18.6. The molecule has 0 spiro atoms. The molecule has 0 bridgehead atoms. The van der Waals surface area contributed by atoms with Crippen LogP contribution in [-0.2, 0) is 43.0 Å². The molecule has 0 atom stereocenters. The molecule has 0 aliphatic carbocycles. The third-order valence-electron chi connectivity index (χ3n) is 6.98. The van der Waals surface area contributed by atoms with E-state index in [4.69, 9.17) is 9.05 Å². The van der Waals surface area contributed by atoms with Gasteiger partial charge in [-0.05, 0) is 93.2 Å². The van der Waals surface area contributed by atoms with Gasteiger partial charge in [-0.15, -0.1) is 0 Å². The Kier molecular flexibility index (Phi) is 19.9. The van der Waals surface area contributed by atoms with Gasteiger partial charge in [-0.25, -0.2) is 9.05 Å². The first-order chi connectivity index (χ1) is 19.6. The van der Waals surface area contributed by atoms with Crippen LogP contribution in [0.1, 0.15) is 130 Å². The van der Waals surface area contributed by atoms with E-state index >= 15 is 0 Å². The zero-order valence-corrected chi connectivity index (χ0v) is 37.0. The summed E-state index contributed by atoms with van der Waals surface area (Å²) >= 11 is 0. The Morgan fingerprint density at radius 2 is 0.696 bits per heavy atom. The number of phenolic OH excluding ortho intramolecular Hbond substituents is 2. The summed E-state index contributed by atoms with van der Waals surface area (Å²) in [5, 5.41) is 21.2. The number of rotatable bonds is 8. The molecule has 2 N–H and O–H groups in total. The van der Waals surface area contributed by atoms with Crippen molar-refractivity contribution >= 4 is 91.4 Å². The van der Waals surface area contributed by atoms with E-state index in [1.165, 1.54) is 0 Å². The number of phenols is 2. The summed E-state index contributed by atoms with van der Waals surface area (Å²) in [4.78, 5) is 47.8. The first-order valence-corrected chi connectivity index (χ1v) is 18.6. The molecular formula is C34H56Ca2O8P2+2. The van der Waals surface area contributed by atoms with E-state index in [2.05, 4.69) is 0 Å². The van der Waals surface area contributed by atoms with Crippen LogP contribution < -0.4 is 19.6 Å². The maximum absolute atomic E-state index is 11.9. The van der Waals surface area contributed by atoms with E-state index in [1.54, 1.807) is 38.1 Å². The van der Waals surface area contributed by atoms with Crippen molar-refractivity contribution in [2.75, 3.05) is 13.2 Å². The maximum atomic E-state index is 11.9. The fraction of sp³-hybridized carbons (Fsp3) is 0.647. The number of hydrogen-bond acceptors (Lipinski definition) is 8. The van der Waals surface area contributed by atoms with Crippen molar-refractivity contribution in [2.24, 2.45) is 0 Å². The van der Waals surface area contributed by atoms with E-state index in [1.807, 2.05) is 83.1 Å². The Morgan fingerprint density at radius 3 is 0.848 bits per heavy atom. The number of aromatic hydroxyl groups is 2. The molecule has 0 amide bonds. The van der Waals surface area contributed by atoms with Crippen LogP contribution in [0.5, 0.6) is 11.5 Å². The average molecular weight is 735 g/mol. The molecule has 8 nitrogen and oxygen atoms in total. The van der Waals surface area contributed by atoms with Gasteiger partial charge in [0.15, 0.2) is 0 Å². The van der Waals surface area contributed by atoms with Crippen molar-refractivity contribution in [1.29, 1.82) is 0 Å². The van der Waals surface area contributed by atoms with E-state index in [-0.39, 0.29) is 134 Å². The Morgan fingerprint density at radius 1 is 0.500 bits per heavy atom. The van der Waals surface area contributed by atoms with Gasteiger partial charge in [-0.1, -0.05) is 83.1 Å². The fourth-order valence-corrected chi connectivity index (χ4v) is 7.02. The van der Waals surface area contributed by atoms with Gasteiger partial charge < -0.3 is 29.8 Å². The minimum atomic E-state index is -3.91. The van der Waals surface area contributed by atoms with E-state index in [9.17, 15) is 29.8 Å². The van der Waals surface area contributed by atoms with Crippen LogP contribution in [0.15, 0.2) is 24.3 Å². The van der Waals surface area contributed by atoms with Crippen molar-refractivity contribution in [3.63, 3.8) is 0 Å². The van der Waals surface area contributed by atoms with Gasteiger partial charge in [-0.3, -0.25) is 0 Å². The van der Waals surface area contributed by atoms with Crippen LogP contribution in [0.2, 0.25) is 0 Å². The zero-order valence-electron chi connectivity index (χ0n) is 30.8. The minimum absolute atomic E-state index is 0. The quantitative estimate of drug-likeness (QED) is 0.276. The molecule has 0 aromatic heterocycles. The molecule has 0 saturated heterocycles. The molecule has 0 unspecified atom stereocenters. The Balaban J connectivity index is 0. The van der Waals surface area contributed by atoms with Crippen LogP contribution >= 0.6 is 15.9 Å². The second-order valence-corrected chi connectivity index (χ2v) is 19.0. The monoisotopic (exact) mass is 734 g/mol. The van der Waals surface area contributed by atoms with Crippen molar-refractivity contribution in [2.45, 2.75) is 131 Å². The van der Waals surface area contributed by atoms with Crippen LogP contribution in [0, 0.1) is 0 Å². The van der Waals surface area contributed by atoms with Crippen LogP contribution in [0.3, 0.4) is 0 Å². The molecule has 0 fully saturated rings. The average Bonchev–Trinajstić information content (AvgIpc) is 2.78. The fourth-order valence-electron chi connectivity index (χ4n) is 4.79. The van der Waals surface area contributed by atoms with Gasteiger partial charge in [-0.2, -0.15) is 0 Å². The number of benzene rings is 2. The topological polar surface area (TPSA) is 151 Å². The molecule has 2 aromatic carbocycles. The van der Waals surface area contributed by atoms with Gasteiger partial charge in [0.2, 0.25) is 0 Å². The zero-order chi connectivity index (χ0) is 34.7. The SMILES string of the molecule is CCO[P+]([O-])([O-])Cc1cc(C(C)(C)C)c(O)c(C(C)(C)C)c1.CCO[P+]([O-])([O-])Cc1cc(C(C)(C)C)c(O)c(C(C)(C)C)c1.[Ca+2].[Ca+2]. The summed E-state index contributed by atoms with van der Waals surface area (Å²) in [6, 6.07) is 7.09. The van der Waals surface area contributed by atoms with Crippen molar-refractivity contribution in [3.8, 4) is 11.5 Å². The minimum Gasteiger partial charge on any atom is -0.659 e. The molecule has 12 heteroatoms. The Hall–Kier alpha value is 1.18. The third-order valence-corrected chi connectivity index (χ3v) is 9.78. The van der Waals surface area contributed by atoms with Crippen molar-refractivity contribution in [1.82, 2.24) is 0 Å². The summed E-state index contributed by atoms with van der Waals surface area (Å²) in [5.74, 6) is 0.502. The predicted molar refractivity (Wildman–Crippen MR) is 187 cm³/mol. The van der Waals surface area contributed by atoms with E-state index in [0.29, 0.717) is 11.1 Å². The summed E-state index contributed by atoms with van der Waals surface area (Å²) in [6.45, 7) is 27.6. The summed E-state index contributed by atoms with van der Waals surface area (Å²) < 4.78 is 9.70. The van der Waals surface area contributed by atoms with Gasteiger partial charge in [0.05, 0.1) is 29.1 Å². The van der Waals surface area contributed by atoms with E-state index in [0.717, 1.165) is 22.3 Å². The molecule has 2 rings (SSSR count). The summed E-state index contributed by atoms with van der Waals surface area (Å²) in [6.07, 6.45) is -0.319. The summed E-state index contributed by atoms with van der Waals surface area (Å²) in [5.41, 5.74) is 3.21. The Bertz CT molecular complexity index is 1090. The van der Waals surface area contributed by atoms with Gasteiger partial charge in [0.1, 0.15) is 23.8 Å². The third kappa shape index (κ3) is 15.6. The molecular weight excluding hydrogens is 678 g/mol. The number of hydrogen-bond donors (Lipinski definition) is 2. The largest absolute Gasteiger partial charge is 2.00 e. The van der Waals surface area contributed by atoms with Crippen molar-refractivity contribution in [3.05, 3.63) is 57.6 Å². The molecule has 0 heterocycles. The molecule has 2 aromatic rings.